The Morgan fingerprint density at radius 2 is 2.04 bits per heavy atom. The number of amides is 1. The summed E-state index contributed by atoms with van der Waals surface area (Å²) in [4.78, 5) is 21.0. The summed E-state index contributed by atoms with van der Waals surface area (Å²) < 4.78 is 0. The third-order valence-electron chi connectivity index (χ3n) is 3.39. The van der Waals surface area contributed by atoms with Crippen molar-refractivity contribution < 1.29 is 4.79 Å². The van der Waals surface area contributed by atoms with E-state index in [9.17, 15) is 4.79 Å². The minimum atomic E-state index is -0.366. The number of nitriles is 1. The van der Waals surface area contributed by atoms with Crippen LogP contribution < -0.4 is 10.6 Å². The molecule has 1 amide bonds. The Hall–Kier alpha value is -2.94. The van der Waals surface area contributed by atoms with Crippen molar-refractivity contribution in [2.45, 2.75) is 27.2 Å². The summed E-state index contributed by atoms with van der Waals surface area (Å²) in [6.07, 6.45) is 0.994. The number of hydrogen-bond donors (Lipinski definition) is 2. The first-order valence-corrected chi connectivity index (χ1v) is 7.89. The van der Waals surface area contributed by atoms with Crippen molar-refractivity contribution in [3.63, 3.8) is 0 Å². The molecule has 0 atom stereocenters. The van der Waals surface area contributed by atoms with Crippen LogP contribution in [0.5, 0.6) is 0 Å². The number of nitrogens with one attached hydrogen (secondary N) is 2. The van der Waals surface area contributed by atoms with Crippen molar-refractivity contribution in [1.82, 2.24) is 9.97 Å². The van der Waals surface area contributed by atoms with Crippen LogP contribution in [0.2, 0.25) is 0 Å². The van der Waals surface area contributed by atoms with Crippen LogP contribution in [0.15, 0.2) is 30.3 Å². The van der Waals surface area contributed by atoms with E-state index >= 15 is 0 Å². The van der Waals surface area contributed by atoms with Gasteiger partial charge in [-0.25, -0.2) is 9.97 Å². The molecule has 0 radical (unpaired) electrons. The van der Waals surface area contributed by atoms with Crippen molar-refractivity contribution in [1.29, 1.82) is 5.26 Å². The van der Waals surface area contributed by atoms with E-state index in [1.165, 1.54) is 0 Å². The largest absolute Gasteiger partial charge is 0.354 e. The quantitative estimate of drug-likeness (QED) is 0.850. The average Bonchev–Trinajstić information content (AvgIpc) is 2.54. The number of hydrogen-bond acceptors (Lipinski definition) is 5. The summed E-state index contributed by atoms with van der Waals surface area (Å²) in [7, 11) is 0. The van der Waals surface area contributed by atoms with Crippen LogP contribution in [0.4, 0.5) is 11.6 Å². The predicted octanol–water partition coefficient (Wildman–Crippen LogP) is 3.37. The zero-order valence-corrected chi connectivity index (χ0v) is 14.1. The van der Waals surface area contributed by atoms with Crippen LogP contribution in [-0.4, -0.2) is 22.4 Å². The molecule has 1 heterocycles. The van der Waals surface area contributed by atoms with Gasteiger partial charge in [0.15, 0.2) is 0 Å². The lowest BCUT2D eigenvalue weighted by Gasteiger charge is -2.10. The van der Waals surface area contributed by atoms with Gasteiger partial charge in [-0.15, -0.1) is 0 Å². The topological polar surface area (TPSA) is 90.7 Å². The molecule has 1 aromatic carbocycles. The summed E-state index contributed by atoms with van der Waals surface area (Å²) in [5.74, 6) is 0.650. The molecule has 1 aromatic heterocycles. The number of nitrogens with zero attached hydrogens (tertiary/aromatic N) is 3. The monoisotopic (exact) mass is 323 g/mol. The summed E-state index contributed by atoms with van der Waals surface area (Å²) in [6, 6.07) is 10.5. The minimum Gasteiger partial charge on any atom is -0.354 e. The van der Waals surface area contributed by atoms with E-state index in [-0.39, 0.29) is 11.6 Å². The molecular formula is C18H21N5O. The molecule has 124 valence electrons. The van der Waals surface area contributed by atoms with Gasteiger partial charge in [-0.3, -0.25) is 4.79 Å². The second kappa shape index (κ2) is 8.06. The Bertz CT molecular complexity index is 764. The van der Waals surface area contributed by atoms with Gasteiger partial charge in [0.2, 0.25) is 5.95 Å². The second-order valence-electron chi connectivity index (χ2n) is 5.94. The van der Waals surface area contributed by atoms with E-state index in [1.807, 2.05) is 6.92 Å². The summed E-state index contributed by atoms with van der Waals surface area (Å²) in [5, 5.41) is 15.0. The highest BCUT2D eigenvalue weighted by Crippen LogP contribution is 2.15. The number of anilines is 2. The third-order valence-corrected chi connectivity index (χ3v) is 3.39. The number of aryl methyl sites for hydroxylation is 1. The maximum absolute atomic E-state index is 12.4. The smallest absolute Gasteiger partial charge is 0.274 e. The lowest BCUT2D eigenvalue weighted by Crippen LogP contribution is -2.17. The molecule has 2 N–H and O–H groups in total. The fourth-order valence-electron chi connectivity index (χ4n) is 2.11. The summed E-state index contributed by atoms with van der Waals surface area (Å²) >= 11 is 0. The zero-order valence-electron chi connectivity index (χ0n) is 14.1. The Labute approximate surface area is 142 Å². The fraction of sp³-hybridized carbons (Fsp3) is 0.333. The maximum atomic E-state index is 12.4. The number of aromatic nitrogens is 2. The van der Waals surface area contributed by atoms with Crippen molar-refractivity contribution in [3.8, 4) is 6.07 Å². The van der Waals surface area contributed by atoms with E-state index in [4.69, 9.17) is 5.26 Å². The molecule has 0 spiro atoms. The van der Waals surface area contributed by atoms with E-state index in [0.717, 1.165) is 13.0 Å². The molecule has 0 aliphatic heterocycles. The van der Waals surface area contributed by atoms with Gasteiger partial charge < -0.3 is 10.6 Å². The maximum Gasteiger partial charge on any atom is 0.274 e. The molecule has 6 heteroatoms. The first kappa shape index (κ1) is 17.4. The number of carbonyl (C=O) groups excluding carboxylic acids is 1. The van der Waals surface area contributed by atoms with Gasteiger partial charge in [0.25, 0.3) is 5.91 Å². The lowest BCUT2D eigenvalue weighted by molar-refractivity contribution is 0.102. The molecule has 2 rings (SSSR count). The average molecular weight is 323 g/mol. The van der Waals surface area contributed by atoms with E-state index in [0.29, 0.717) is 28.8 Å². The Balaban J connectivity index is 2.14. The van der Waals surface area contributed by atoms with Crippen molar-refractivity contribution >= 4 is 17.5 Å². The van der Waals surface area contributed by atoms with Gasteiger partial charge in [0, 0.05) is 12.2 Å². The first-order chi connectivity index (χ1) is 11.5. The van der Waals surface area contributed by atoms with Crippen molar-refractivity contribution in [2.24, 2.45) is 5.92 Å². The van der Waals surface area contributed by atoms with Crippen LogP contribution in [-0.2, 0) is 0 Å². The van der Waals surface area contributed by atoms with Gasteiger partial charge in [0.1, 0.15) is 11.8 Å². The minimum absolute atomic E-state index is 0.266. The normalized spacial score (nSPS) is 10.3. The summed E-state index contributed by atoms with van der Waals surface area (Å²) in [6.45, 7) is 6.85. The number of para-hydroxylation sites is 1. The number of carbonyl (C=O) groups is 1. The molecule has 0 saturated carbocycles. The number of benzene rings is 1. The van der Waals surface area contributed by atoms with E-state index in [2.05, 4.69) is 40.5 Å². The molecule has 0 fully saturated rings. The van der Waals surface area contributed by atoms with Gasteiger partial charge in [-0.05, 0) is 37.5 Å². The van der Waals surface area contributed by atoms with Crippen LogP contribution in [0.3, 0.4) is 0 Å². The molecule has 0 unspecified atom stereocenters. The van der Waals surface area contributed by atoms with Crippen LogP contribution in [0.1, 0.15) is 42.0 Å². The first-order valence-electron chi connectivity index (χ1n) is 7.89. The van der Waals surface area contributed by atoms with Gasteiger partial charge in [0.05, 0.1) is 11.3 Å². The third kappa shape index (κ3) is 4.78. The SMILES string of the molecule is Cc1cc(C(=O)Nc2ccccc2C#N)nc(NCCC(C)C)n1. The molecule has 6 nitrogen and oxygen atoms in total. The van der Waals surface area contributed by atoms with Crippen molar-refractivity contribution in [2.75, 3.05) is 17.2 Å². The predicted molar refractivity (Wildman–Crippen MR) is 93.8 cm³/mol. The summed E-state index contributed by atoms with van der Waals surface area (Å²) in [5.41, 5.74) is 1.85. The van der Waals surface area contributed by atoms with Crippen LogP contribution in [0.25, 0.3) is 0 Å². The molecule has 0 aliphatic carbocycles. The molecule has 24 heavy (non-hydrogen) atoms. The molecule has 0 bridgehead atoms. The highest BCUT2D eigenvalue weighted by atomic mass is 16.1. The van der Waals surface area contributed by atoms with E-state index < -0.39 is 0 Å². The van der Waals surface area contributed by atoms with Crippen molar-refractivity contribution in [3.05, 3.63) is 47.3 Å². The highest BCUT2D eigenvalue weighted by molar-refractivity contribution is 6.03. The van der Waals surface area contributed by atoms with Gasteiger partial charge in [-0.2, -0.15) is 5.26 Å². The number of rotatable bonds is 6. The lowest BCUT2D eigenvalue weighted by atomic mass is 10.1. The van der Waals surface area contributed by atoms with Crippen LogP contribution in [0, 0.1) is 24.2 Å². The zero-order chi connectivity index (χ0) is 17.5. The standard InChI is InChI=1S/C18H21N5O/c1-12(2)8-9-20-18-21-13(3)10-16(23-18)17(24)22-15-7-5-4-6-14(15)11-19/h4-7,10,12H,8-9H2,1-3H3,(H,22,24)(H,20,21,23). The van der Waals surface area contributed by atoms with Crippen LogP contribution >= 0.6 is 0 Å². The molecule has 0 aliphatic rings. The highest BCUT2D eigenvalue weighted by Gasteiger charge is 2.12. The van der Waals surface area contributed by atoms with Gasteiger partial charge >= 0.3 is 0 Å². The molecule has 0 saturated heterocycles. The van der Waals surface area contributed by atoms with E-state index in [1.54, 1.807) is 30.3 Å². The fourth-order valence-corrected chi connectivity index (χ4v) is 2.11. The Morgan fingerprint density at radius 1 is 1.29 bits per heavy atom. The second-order valence-corrected chi connectivity index (χ2v) is 5.94. The molecular weight excluding hydrogens is 302 g/mol. The molecule has 2 aromatic rings. The Morgan fingerprint density at radius 3 is 2.75 bits per heavy atom. The van der Waals surface area contributed by atoms with Gasteiger partial charge in [-0.1, -0.05) is 26.0 Å². The Kier molecular flexibility index (Phi) is 5.85.